The van der Waals surface area contributed by atoms with E-state index in [1.54, 1.807) is 25.4 Å². The Morgan fingerprint density at radius 3 is 3.12 bits per heavy atom. The normalized spacial score (nSPS) is 25.1. The maximum atomic E-state index is 9.33. The van der Waals surface area contributed by atoms with Crippen LogP contribution in [0.25, 0.3) is 0 Å². The number of ether oxygens (including phenoxy) is 1. The minimum Gasteiger partial charge on any atom is -0.394 e. The number of methoxy groups -OCH3 is 1. The fraction of sp³-hybridized carbons (Fsp3) is 0.545. The Morgan fingerprint density at radius 1 is 1.69 bits per heavy atom. The van der Waals surface area contributed by atoms with E-state index in [1.807, 2.05) is 4.90 Å². The predicted molar refractivity (Wildman–Crippen MR) is 62.9 cm³/mol. The van der Waals surface area contributed by atoms with Crippen molar-refractivity contribution in [1.29, 1.82) is 0 Å². The first kappa shape index (κ1) is 11.6. The third kappa shape index (κ3) is 2.14. The molecule has 1 saturated heterocycles. The van der Waals surface area contributed by atoms with Crippen LogP contribution >= 0.6 is 11.6 Å². The molecule has 2 rings (SSSR count). The molecule has 1 aromatic heterocycles. The van der Waals surface area contributed by atoms with Crippen LogP contribution in [0.1, 0.15) is 6.42 Å². The van der Waals surface area contributed by atoms with Crippen LogP contribution < -0.4 is 4.90 Å². The van der Waals surface area contributed by atoms with Gasteiger partial charge in [0.25, 0.3) is 0 Å². The standard InChI is InChI=1S/C11H15ClN2O2/c1-16-9-5-8(7-15)14(6-9)11-10(12)3-2-4-13-11/h2-4,8-9,15H,5-7H2,1H3/t8-,9-/m0/s1. The summed E-state index contributed by atoms with van der Waals surface area (Å²) in [7, 11) is 1.68. The SMILES string of the molecule is CO[C@H]1C[C@@H](CO)N(c2ncccc2Cl)C1. The van der Waals surface area contributed by atoms with Crippen LogP contribution in [-0.2, 0) is 4.74 Å². The highest BCUT2D eigenvalue weighted by atomic mass is 35.5. The molecule has 1 aromatic rings. The molecular weight excluding hydrogens is 228 g/mol. The van der Waals surface area contributed by atoms with E-state index in [2.05, 4.69) is 4.98 Å². The molecule has 1 fully saturated rings. The first-order chi connectivity index (χ1) is 7.76. The molecule has 88 valence electrons. The lowest BCUT2D eigenvalue weighted by Gasteiger charge is -2.24. The van der Waals surface area contributed by atoms with E-state index in [4.69, 9.17) is 16.3 Å². The number of anilines is 1. The highest BCUT2D eigenvalue weighted by Gasteiger charge is 2.33. The number of aliphatic hydroxyl groups is 1. The van der Waals surface area contributed by atoms with Gasteiger partial charge in [0.15, 0.2) is 0 Å². The van der Waals surface area contributed by atoms with Crippen molar-refractivity contribution >= 4 is 17.4 Å². The maximum Gasteiger partial charge on any atom is 0.147 e. The highest BCUT2D eigenvalue weighted by molar-refractivity contribution is 6.32. The van der Waals surface area contributed by atoms with E-state index in [0.29, 0.717) is 5.02 Å². The smallest absolute Gasteiger partial charge is 0.147 e. The lowest BCUT2D eigenvalue weighted by Crippen LogP contribution is -2.33. The van der Waals surface area contributed by atoms with Crippen LogP contribution in [0.5, 0.6) is 0 Å². The van der Waals surface area contributed by atoms with Crippen molar-refractivity contribution in [1.82, 2.24) is 4.98 Å². The van der Waals surface area contributed by atoms with Gasteiger partial charge in [-0.15, -0.1) is 0 Å². The van der Waals surface area contributed by atoms with Gasteiger partial charge in [-0.2, -0.15) is 0 Å². The van der Waals surface area contributed by atoms with Gasteiger partial charge in [0.05, 0.1) is 23.8 Å². The number of hydrogen-bond acceptors (Lipinski definition) is 4. The quantitative estimate of drug-likeness (QED) is 0.869. The van der Waals surface area contributed by atoms with Gasteiger partial charge >= 0.3 is 0 Å². The molecule has 0 radical (unpaired) electrons. The van der Waals surface area contributed by atoms with E-state index in [-0.39, 0.29) is 18.8 Å². The van der Waals surface area contributed by atoms with E-state index >= 15 is 0 Å². The van der Waals surface area contributed by atoms with Crippen molar-refractivity contribution in [3.05, 3.63) is 23.4 Å². The van der Waals surface area contributed by atoms with Crippen molar-refractivity contribution in [3.63, 3.8) is 0 Å². The molecule has 2 atom stereocenters. The summed E-state index contributed by atoms with van der Waals surface area (Å²) in [5.74, 6) is 0.725. The third-order valence-electron chi connectivity index (χ3n) is 2.93. The monoisotopic (exact) mass is 242 g/mol. The Hall–Kier alpha value is -0.840. The van der Waals surface area contributed by atoms with Gasteiger partial charge in [0, 0.05) is 19.9 Å². The fourth-order valence-electron chi connectivity index (χ4n) is 2.07. The molecule has 0 unspecified atom stereocenters. The van der Waals surface area contributed by atoms with Crippen molar-refractivity contribution in [2.75, 3.05) is 25.2 Å². The molecule has 0 amide bonds. The highest BCUT2D eigenvalue weighted by Crippen LogP contribution is 2.30. The topological polar surface area (TPSA) is 45.6 Å². The summed E-state index contributed by atoms with van der Waals surface area (Å²) in [5, 5.41) is 9.94. The summed E-state index contributed by atoms with van der Waals surface area (Å²) in [6, 6.07) is 3.64. The summed E-state index contributed by atoms with van der Waals surface area (Å²) < 4.78 is 5.31. The van der Waals surface area contributed by atoms with Crippen LogP contribution in [0.15, 0.2) is 18.3 Å². The van der Waals surface area contributed by atoms with Crippen LogP contribution in [0.3, 0.4) is 0 Å². The largest absolute Gasteiger partial charge is 0.394 e. The molecule has 2 heterocycles. The van der Waals surface area contributed by atoms with E-state index < -0.39 is 0 Å². The number of pyridine rings is 1. The average molecular weight is 243 g/mol. The number of hydrogen-bond donors (Lipinski definition) is 1. The minimum absolute atomic E-state index is 0.0392. The van der Waals surface area contributed by atoms with Crippen molar-refractivity contribution in [2.45, 2.75) is 18.6 Å². The second-order valence-electron chi connectivity index (χ2n) is 3.89. The number of rotatable bonds is 3. The Labute approximate surface area is 99.8 Å². The molecular formula is C11H15ClN2O2. The molecule has 5 heteroatoms. The second kappa shape index (κ2) is 4.99. The van der Waals surface area contributed by atoms with Gasteiger partial charge in [-0.1, -0.05) is 11.6 Å². The van der Waals surface area contributed by atoms with Crippen LogP contribution in [0, 0.1) is 0 Å². The molecule has 0 aromatic carbocycles. The first-order valence-corrected chi connectivity index (χ1v) is 5.65. The predicted octanol–water partition coefficient (Wildman–Crippen LogP) is 1.32. The van der Waals surface area contributed by atoms with E-state index in [0.717, 1.165) is 18.8 Å². The Kier molecular flexibility index (Phi) is 3.63. The minimum atomic E-state index is 0.0392. The summed E-state index contributed by atoms with van der Waals surface area (Å²) in [4.78, 5) is 6.26. The maximum absolute atomic E-state index is 9.33. The van der Waals surface area contributed by atoms with Crippen LogP contribution in [0.4, 0.5) is 5.82 Å². The fourth-order valence-corrected chi connectivity index (χ4v) is 2.30. The zero-order chi connectivity index (χ0) is 11.5. The first-order valence-electron chi connectivity index (χ1n) is 5.27. The molecule has 16 heavy (non-hydrogen) atoms. The molecule has 0 saturated carbocycles. The molecule has 1 aliphatic rings. The van der Waals surface area contributed by atoms with E-state index in [1.165, 1.54) is 0 Å². The zero-order valence-corrected chi connectivity index (χ0v) is 9.89. The number of nitrogens with zero attached hydrogens (tertiary/aromatic N) is 2. The molecule has 1 aliphatic heterocycles. The zero-order valence-electron chi connectivity index (χ0n) is 9.14. The second-order valence-corrected chi connectivity index (χ2v) is 4.30. The van der Waals surface area contributed by atoms with Crippen molar-refractivity contribution in [2.24, 2.45) is 0 Å². The Balaban J connectivity index is 2.23. The number of aliphatic hydroxyl groups excluding tert-OH is 1. The number of halogens is 1. The van der Waals surface area contributed by atoms with Crippen molar-refractivity contribution < 1.29 is 9.84 Å². The molecule has 0 spiro atoms. The van der Waals surface area contributed by atoms with Gasteiger partial charge in [-0.25, -0.2) is 4.98 Å². The van der Waals surface area contributed by atoms with Crippen LogP contribution in [-0.4, -0.2) is 42.5 Å². The third-order valence-corrected chi connectivity index (χ3v) is 3.23. The lowest BCUT2D eigenvalue weighted by atomic mass is 10.2. The Morgan fingerprint density at radius 2 is 2.50 bits per heavy atom. The summed E-state index contributed by atoms with van der Waals surface area (Å²) in [6.45, 7) is 0.811. The number of aromatic nitrogens is 1. The summed E-state index contributed by atoms with van der Waals surface area (Å²) in [6.07, 6.45) is 2.64. The van der Waals surface area contributed by atoms with Gasteiger partial charge in [-0.05, 0) is 18.6 Å². The van der Waals surface area contributed by atoms with E-state index in [9.17, 15) is 5.11 Å². The Bertz CT molecular complexity index is 362. The average Bonchev–Trinajstić information content (AvgIpc) is 2.72. The van der Waals surface area contributed by atoms with Gasteiger partial charge in [0.1, 0.15) is 5.82 Å². The van der Waals surface area contributed by atoms with Gasteiger partial charge in [-0.3, -0.25) is 0 Å². The molecule has 1 N–H and O–H groups in total. The summed E-state index contributed by atoms with van der Waals surface area (Å²) >= 11 is 6.09. The molecule has 0 aliphatic carbocycles. The molecule has 4 nitrogen and oxygen atoms in total. The molecule has 0 bridgehead atoms. The van der Waals surface area contributed by atoms with Gasteiger partial charge < -0.3 is 14.7 Å². The lowest BCUT2D eigenvalue weighted by molar-refractivity contribution is 0.115. The van der Waals surface area contributed by atoms with Crippen LogP contribution in [0.2, 0.25) is 5.02 Å². The van der Waals surface area contributed by atoms with Gasteiger partial charge in [0.2, 0.25) is 0 Å². The summed E-state index contributed by atoms with van der Waals surface area (Å²) in [5.41, 5.74) is 0. The van der Waals surface area contributed by atoms with Crippen molar-refractivity contribution in [3.8, 4) is 0 Å².